The van der Waals surface area contributed by atoms with Crippen LogP contribution in [0.4, 0.5) is 13.6 Å². The van der Waals surface area contributed by atoms with Gasteiger partial charge in [-0.1, -0.05) is 62.4 Å². The van der Waals surface area contributed by atoms with Crippen LogP contribution in [-0.4, -0.2) is 48.2 Å². The van der Waals surface area contributed by atoms with E-state index in [0.717, 1.165) is 22.3 Å². The van der Waals surface area contributed by atoms with Crippen molar-refractivity contribution in [2.45, 2.75) is 38.2 Å². The van der Waals surface area contributed by atoms with E-state index in [1.165, 1.54) is 0 Å². The number of alkyl halides is 2. The van der Waals surface area contributed by atoms with Gasteiger partial charge in [0.25, 0.3) is 5.92 Å². The Kier molecular flexibility index (Phi) is 6.78. The third kappa shape index (κ3) is 4.99. The quantitative estimate of drug-likeness (QED) is 0.497. The van der Waals surface area contributed by atoms with Gasteiger partial charge in [0.05, 0.1) is 12.3 Å². The summed E-state index contributed by atoms with van der Waals surface area (Å²) in [6.07, 6.45) is -1.19. The molecule has 186 valence electrons. The molecule has 2 amide bonds. The lowest BCUT2D eigenvalue weighted by Gasteiger charge is -2.20. The molecule has 7 nitrogen and oxygen atoms in total. The molecule has 0 spiro atoms. The van der Waals surface area contributed by atoms with Gasteiger partial charge in [-0.2, -0.15) is 0 Å². The maximum absolute atomic E-state index is 14.3. The average molecular weight is 487 g/mol. The zero-order valence-corrected chi connectivity index (χ0v) is 19.5. The Morgan fingerprint density at radius 1 is 1.03 bits per heavy atom. The van der Waals surface area contributed by atoms with Crippen molar-refractivity contribution in [2.24, 2.45) is 17.8 Å². The van der Waals surface area contributed by atoms with Gasteiger partial charge in [0.15, 0.2) is 0 Å². The summed E-state index contributed by atoms with van der Waals surface area (Å²) in [7, 11) is 0. The molecule has 3 N–H and O–H groups in total. The van der Waals surface area contributed by atoms with E-state index in [1.54, 1.807) is 13.8 Å². The highest BCUT2D eigenvalue weighted by molar-refractivity contribution is 5.84. The summed E-state index contributed by atoms with van der Waals surface area (Å²) in [5, 5.41) is 13.7. The Morgan fingerprint density at radius 3 is 2.14 bits per heavy atom. The monoisotopic (exact) mass is 486 g/mol. The Bertz CT molecular complexity index is 1090. The summed E-state index contributed by atoms with van der Waals surface area (Å²) in [6, 6.07) is 14.9. The van der Waals surface area contributed by atoms with Gasteiger partial charge in [0.2, 0.25) is 5.91 Å². The second-order valence-corrected chi connectivity index (χ2v) is 9.42. The minimum Gasteiger partial charge on any atom is -0.481 e. The third-order valence-electron chi connectivity index (χ3n) is 6.82. The summed E-state index contributed by atoms with van der Waals surface area (Å²) >= 11 is 0. The molecule has 0 radical (unpaired) electrons. The fourth-order valence-corrected chi connectivity index (χ4v) is 4.76. The van der Waals surface area contributed by atoms with E-state index in [4.69, 9.17) is 9.84 Å². The molecule has 0 aliphatic heterocycles. The van der Waals surface area contributed by atoms with Gasteiger partial charge in [-0.3, -0.25) is 9.59 Å². The Morgan fingerprint density at radius 2 is 1.60 bits per heavy atom. The SMILES string of the molecule is CC(C)C(CC(=O)O)NC(=O)[C@@H]1[C@H](CNC(=O)OCC2c3ccccc3-c3ccccc32)C1(F)F. The molecule has 1 saturated carbocycles. The van der Waals surface area contributed by atoms with Crippen LogP contribution in [0.2, 0.25) is 0 Å². The van der Waals surface area contributed by atoms with Gasteiger partial charge in [-0.25, -0.2) is 13.6 Å². The molecule has 3 atom stereocenters. The van der Waals surface area contributed by atoms with Gasteiger partial charge in [-0.05, 0) is 28.2 Å². The number of ether oxygens (including phenoxy) is 1. The Labute approximate surface area is 201 Å². The zero-order valence-electron chi connectivity index (χ0n) is 19.5. The maximum Gasteiger partial charge on any atom is 0.407 e. The number of carbonyl (C=O) groups excluding carboxylic acids is 2. The van der Waals surface area contributed by atoms with E-state index in [1.807, 2.05) is 48.5 Å². The lowest BCUT2D eigenvalue weighted by Crippen LogP contribution is -2.42. The van der Waals surface area contributed by atoms with Crippen LogP contribution in [0.3, 0.4) is 0 Å². The minimum absolute atomic E-state index is 0.0517. The molecule has 0 saturated heterocycles. The molecule has 35 heavy (non-hydrogen) atoms. The first kappa shape index (κ1) is 24.6. The fraction of sp³-hybridized carbons (Fsp3) is 0.423. The van der Waals surface area contributed by atoms with E-state index in [2.05, 4.69) is 10.6 Å². The fourth-order valence-electron chi connectivity index (χ4n) is 4.76. The predicted octanol–water partition coefficient (Wildman–Crippen LogP) is 4.02. The van der Waals surface area contributed by atoms with E-state index in [-0.39, 0.29) is 24.9 Å². The Balaban J connectivity index is 1.31. The number of carbonyl (C=O) groups is 3. The van der Waals surface area contributed by atoms with Crippen LogP contribution in [0, 0.1) is 17.8 Å². The summed E-state index contributed by atoms with van der Waals surface area (Å²) in [6.45, 7) is 3.04. The molecule has 4 rings (SSSR count). The van der Waals surface area contributed by atoms with Crippen LogP contribution < -0.4 is 10.6 Å². The van der Waals surface area contributed by atoms with E-state index < -0.39 is 48.3 Å². The number of rotatable bonds is 9. The number of halogens is 2. The first-order chi connectivity index (χ1) is 16.6. The average Bonchev–Trinajstić information content (AvgIpc) is 3.22. The van der Waals surface area contributed by atoms with Crippen LogP contribution in [0.5, 0.6) is 0 Å². The molecule has 2 aromatic rings. The minimum atomic E-state index is -3.29. The zero-order chi connectivity index (χ0) is 25.3. The second-order valence-electron chi connectivity index (χ2n) is 9.42. The highest BCUT2D eigenvalue weighted by Crippen LogP contribution is 2.55. The highest BCUT2D eigenvalue weighted by Gasteiger charge is 2.71. The number of nitrogens with one attached hydrogen (secondary N) is 2. The summed E-state index contributed by atoms with van der Waals surface area (Å²) in [5.74, 6) is -8.71. The van der Waals surface area contributed by atoms with Crippen LogP contribution in [0.15, 0.2) is 48.5 Å². The number of benzene rings is 2. The molecular formula is C26H28F2N2O5. The van der Waals surface area contributed by atoms with Crippen LogP contribution >= 0.6 is 0 Å². The van der Waals surface area contributed by atoms with Gasteiger partial charge in [0.1, 0.15) is 12.5 Å². The topological polar surface area (TPSA) is 105 Å². The van der Waals surface area contributed by atoms with Crippen LogP contribution in [-0.2, 0) is 14.3 Å². The van der Waals surface area contributed by atoms with Crippen molar-refractivity contribution in [3.63, 3.8) is 0 Å². The largest absolute Gasteiger partial charge is 0.481 e. The normalized spacial score (nSPS) is 20.5. The third-order valence-corrected chi connectivity index (χ3v) is 6.82. The summed E-state index contributed by atoms with van der Waals surface area (Å²) in [4.78, 5) is 35.6. The van der Waals surface area contributed by atoms with E-state index >= 15 is 0 Å². The molecule has 0 bridgehead atoms. The molecular weight excluding hydrogens is 458 g/mol. The maximum atomic E-state index is 14.3. The molecule has 2 aromatic carbocycles. The molecule has 2 aliphatic rings. The standard InChI is InChI=1S/C26H28F2N2O5/c1-14(2)21(11-22(31)32)30-24(33)23-20(26(23,27)28)12-29-25(34)35-13-19-17-9-5-3-7-15(17)16-8-4-6-10-18(16)19/h3-10,14,19-21,23H,11-13H2,1-2H3,(H,29,34)(H,30,33)(H,31,32)/t20-,21?,23-/m0/s1. The number of amides is 2. The molecule has 9 heteroatoms. The van der Waals surface area contributed by atoms with Crippen LogP contribution in [0.1, 0.15) is 37.3 Å². The van der Waals surface area contributed by atoms with Gasteiger partial charge < -0.3 is 20.5 Å². The number of carboxylic acid groups (broad SMARTS) is 1. The van der Waals surface area contributed by atoms with Crippen molar-refractivity contribution >= 4 is 18.0 Å². The first-order valence-corrected chi connectivity index (χ1v) is 11.6. The molecule has 1 fully saturated rings. The second kappa shape index (κ2) is 9.64. The first-order valence-electron chi connectivity index (χ1n) is 11.6. The van der Waals surface area contributed by atoms with Gasteiger partial charge in [-0.15, -0.1) is 0 Å². The van der Waals surface area contributed by atoms with Gasteiger partial charge >= 0.3 is 12.1 Å². The Hall–Kier alpha value is -3.49. The molecule has 1 unspecified atom stereocenters. The van der Waals surface area contributed by atoms with Crippen molar-refractivity contribution < 1.29 is 33.0 Å². The summed E-state index contributed by atoms with van der Waals surface area (Å²) < 4.78 is 33.9. The van der Waals surface area contributed by atoms with Crippen molar-refractivity contribution in [1.82, 2.24) is 10.6 Å². The lowest BCUT2D eigenvalue weighted by molar-refractivity contribution is -0.138. The van der Waals surface area contributed by atoms with Crippen molar-refractivity contribution in [3.8, 4) is 11.1 Å². The number of hydrogen-bond donors (Lipinski definition) is 3. The number of aliphatic carboxylic acids is 1. The summed E-state index contributed by atoms with van der Waals surface area (Å²) in [5.41, 5.74) is 4.22. The van der Waals surface area contributed by atoms with Crippen molar-refractivity contribution in [3.05, 3.63) is 59.7 Å². The molecule has 0 aromatic heterocycles. The highest BCUT2D eigenvalue weighted by atomic mass is 19.3. The predicted molar refractivity (Wildman–Crippen MR) is 124 cm³/mol. The van der Waals surface area contributed by atoms with E-state index in [9.17, 15) is 23.2 Å². The van der Waals surface area contributed by atoms with Crippen LogP contribution in [0.25, 0.3) is 11.1 Å². The number of carboxylic acids is 1. The molecule has 0 heterocycles. The molecule has 2 aliphatic carbocycles. The van der Waals surface area contributed by atoms with Gasteiger partial charge in [0, 0.05) is 18.5 Å². The van der Waals surface area contributed by atoms with Crippen molar-refractivity contribution in [1.29, 1.82) is 0 Å². The van der Waals surface area contributed by atoms with Crippen molar-refractivity contribution in [2.75, 3.05) is 13.2 Å². The number of hydrogen-bond acceptors (Lipinski definition) is 4. The van der Waals surface area contributed by atoms with E-state index in [0.29, 0.717) is 0 Å². The number of fused-ring (bicyclic) bond motifs is 3. The lowest BCUT2D eigenvalue weighted by atomic mass is 9.98. The number of alkyl carbamates (subject to hydrolysis) is 1. The smallest absolute Gasteiger partial charge is 0.407 e.